The summed E-state index contributed by atoms with van der Waals surface area (Å²) in [6, 6.07) is 4.10. The number of anilines is 2. The van der Waals surface area contributed by atoms with Crippen molar-refractivity contribution in [3.8, 4) is 0 Å². The summed E-state index contributed by atoms with van der Waals surface area (Å²) in [5.74, 6) is -0.492. The van der Waals surface area contributed by atoms with E-state index in [1.807, 2.05) is 6.92 Å². The van der Waals surface area contributed by atoms with E-state index < -0.39 is 5.82 Å². The van der Waals surface area contributed by atoms with Crippen molar-refractivity contribution in [1.82, 2.24) is 0 Å². The molecule has 1 aromatic carbocycles. The number of hydrogen-bond acceptors (Lipinski definition) is 3. The lowest BCUT2D eigenvalue weighted by atomic mass is 10.1. The first kappa shape index (κ1) is 13.4. The van der Waals surface area contributed by atoms with Gasteiger partial charge in [-0.25, -0.2) is 4.39 Å². The van der Waals surface area contributed by atoms with E-state index in [0.29, 0.717) is 18.7 Å². The SMILES string of the molecule is COCC(C)CC(=O)Nc1ccc(F)c(N)c1. The van der Waals surface area contributed by atoms with Gasteiger partial charge in [0.2, 0.25) is 5.91 Å². The normalized spacial score (nSPS) is 12.2. The minimum atomic E-state index is -0.490. The zero-order valence-electron chi connectivity index (χ0n) is 10.00. The zero-order chi connectivity index (χ0) is 12.8. The van der Waals surface area contributed by atoms with Crippen LogP contribution in [-0.2, 0) is 9.53 Å². The van der Waals surface area contributed by atoms with Crippen LogP contribution in [0.3, 0.4) is 0 Å². The van der Waals surface area contributed by atoms with Crippen LogP contribution >= 0.6 is 0 Å². The highest BCUT2D eigenvalue weighted by atomic mass is 19.1. The predicted octanol–water partition coefficient (Wildman–Crippen LogP) is 2.02. The van der Waals surface area contributed by atoms with E-state index in [9.17, 15) is 9.18 Å². The molecule has 1 amide bonds. The third-order valence-corrected chi connectivity index (χ3v) is 2.26. The van der Waals surface area contributed by atoms with Crippen LogP contribution in [0.1, 0.15) is 13.3 Å². The Bertz CT molecular complexity index is 396. The van der Waals surface area contributed by atoms with Gasteiger partial charge in [0.05, 0.1) is 5.69 Å². The van der Waals surface area contributed by atoms with Crippen LogP contribution in [0.2, 0.25) is 0 Å². The van der Waals surface area contributed by atoms with E-state index in [2.05, 4.69) is 5.32 Å². The van der Waals surface area contributed by atoms with Gasteiger partial charge in [-0.1, -0.05) is 6.92 Å². The van der Waals surface area contributed by atoms with Gasteiger partial charge in [-0.2, -0.15) is 0 Å². The molecule has 0 fully saturated rings. The van der Waals surface area contributed by atoms with Crippen molar-refractivity contribution < 1.29 is 13.9 Å². The lowest BCUT2D eigenvalue weighted by Gasteiger charge is -2.10. The molecule has 1 rings (SSSR count). The van der Waals surface area contributed by atoms with E-state index in [-0.39, 0.29) is 17.5 Å². The molecule has 0 saturated carbocycles. The number of benzene rings is 1. The Labute approximate surface area is 100.0 Å². The Hall–Kier alpha value is -1.62. The van der Waals surface area contributed by atoms with Gasteiger partial charge in [0.15, 0.2) is 0 Å². The Morgan fingerprint density at radius 3 is 2.88 bits per heavy atom. The van der Waals surface area contributed by atoms with Gasteiger partial charge in [0.25, 0.3) is 0 Å². The van der Waals surface area contributed by atoms with E-state index >= 15 is 0 Å². The van der Waals surface area contributed by atoms with Gasteiger partial charge < -0.3 is 15.8 Å². The van der Waals surface area contributed by atoms with Gasteiger partial charge in [-0.05, 0) is 24.1 Å². The van der Waals surface area contributed by atoms with Gasteiger partial charge in [-0.15, -0.1) is 0 Å². The van der Waals surface area contributed by atoms with E-state index in [1.54, 1.807) is 7.11 Å². The van der Waals surface area contributed by atoms with E-state index in [1.165, 1.54) is 18.2 Å². The first-order valence-corrected chi connectivity index (χ1v) is 5.36. The Morgan fingerprint density at radius 2 is 2.29 bits per heavy atom. The van der Waals surface area contributed by atoms with Crippen molar-refractivity contribution in [2.45, 2.75) is 13.3 Å². The largest absolute Gasteiger partial charge is 0.396 e. The second kappa shape index (κ2) is 6.20. The van der Waals surface area contributed by atoms with E-state index in [4.69, 9.17) is 10.5 Å². The van der Waals surface area contributed by atoms with E-state index in [0.717, 1.165) is 0 Å². The molecule has 5 heteroatoms. The van der Waals surface area contributed by atoms with Crippen LogP contribution in [0.4, 0.5) is 15.8 Å². The number of rotatable bonds is 5. The molecule has 0 aliphatic heterocycles. The topological polar surface area (TPSA) is 64.3 Å². The highest BCUT2D eigenvalue weighted by Crippen LogP contribution is 2.17. The molecule has 4 nitrogen and oxygen atoms in total. The smallest absolute Gasteiger partial charge is 0.224 e. The van der Waals surface area contributed by atoms with Gasteiger partial charge in [-0.3, -0.25) is 4.79 Å². The highest BCUT2D eigenvalue weighted by Gasteiger charge is 2.09. The molecule has 0 spiro atoms. The lowest BCUT2D eigenvalue weighted by molar-refractivity contribution is -0.117. The number of nitrogens with two attached hydrogens (primary N) is 1. The maximum Gasteiger partial charge on any atom is 0.224 e. The molecule has 1 atom stereocenters. The summed E-state index contributed by atoms with van der Waals surface area (Å²) >= 11 is 0. The minimum Gasteiger partial charge on any atom is -0.396 e. The molecule has 17 heavy (non-hydrogen) atoms. The molecule has 0 radical (unpaired) electrons. The summed E-state index contributed by atoms with van der Waals surface area (Å²) in [5.41, 5.74) is 5.92. The Kier molecular flexibility index (Phi) is 4.90. The summed E-state index contributed by atoms with van der Waals surface area (Å²) in [5, 5.41) is 2.66. The maximum absolute atomic E-state index is 12.9. The summed E-state index contributed by atoms with van der Waals surface area (Å²) < 4.78 is 17.8. The van der Waals surface area contributed by atoms with Gasteiger partial charge >= 0.3 is 0 Å². The first-order valence-electron chi connectivity index (χ1n) is 5.36. The third-order valence-electron chi connectivity index (χ3n) is 2.26. The molecule has 0 saturated heterocycles. The van der Waals surface area contributed by atoms with Crippen molar-refractivity contribution >= 4 is 17.3 Å². The average molecular weight is 240 g/mol. The quantitative estimate of drug-likeness (QED) is 0.774. The Morgan fingerprint density at radius 1 is 1.59 bits per heavy atom. The van der Waals surface area contributed by atoms with Crippen molar-refractivity contribution in [3.63, 3.8) is 0 Å². The Balaban J connectivity index is 2.53. The lowest BCUT2D eigenvalue weighted by Crippen LogP contribution is -2.17. The molecule has 0 aromatic heterocycles. The summed E-state index contributed by atoms with van der Waals surface area (Å²) in [6.07, 6.45) is 0.352. The monoisotopic (exact) mass is 240 g/mol. The number of nitrogens with one attached hydrogen (secondary N) is 1. The average Bonchev–Trinajstić information content (AvgIpc) is 2.23. The summed E-state index contributed by atoms with van der Waals surface area (Å²) in [6.45, 7) is 2.45. The molecule has 1 unspecified atom stereocenters. The first-order chi connectivity index (χ1) is 8.02. The minimum absolute atomic E-state index is 0.0211. The molecular formula is C12H17FN2O2. The molecule has 1 aromatic rings. The standard InChI is InChI=1S/C12H17FN2O2/c1-8(7-17-2)5-12(16)15-9-3-4-10(13)11(14)6-9/h3-4,6,8H,5,7,14H2,1-2H3,(H,15,16). The second-order valence-electron chi connectivity index (χ2n) is 4.05. The number of nitrogen functional groups attached to an aromatic ring is 1. The van der Waals surface area contributed by atoms with Crippen LogP contribution in [0.15, 0.2) is 18.2 Å². The molecule has 94 valence electrons. The van der Waals surface area contributed by atoms with Crippen LogP contribution in [-0.4, -0.2) is 19.6 Å². The molecule has 0 aliphatic rings. The summed E-state index contributed by atoms with van der Waals surface area (Å²) in [7, 11) is 1.59. The fraction of sp³-hybridized carbons (Fsp3) is 0.417. The van der Waals surface area contributed by atoms with Crippen molar-refractivity contribution in [3.05, 3.63) is 24.0 Å². The van der Waals surface area contributed by atoms with Crippen LogP contribution in [0.25, 0.3) is 0 Å². The molecule has 0 heterocycles. The number of methoxy groups -OCH3 is 1. The fourth-order valence-corrected chi connectivity index (χ4v) is 1.49. The third kappa shape index (κ3) is 4.40. The maximum atomic E-state index is 12.9. The fourth-order valence-electron chi connectivity index (χ4n) is 1.49. The van der Waals surface area contributed by atoms with Crippen LogP contribution < -0.4 is 11.1 Å². The van der Waals surface area contributed by atoms with Gasteiger partial charge in [0, 0.05) is 25.8 Å². The number of halogens is 1. The molecule has 0 aliphatic carbocycles. The number of carbonyl (C=O) groups excluding carboxylic acids is 1. The molecule has 3 N–H and O–H groups in total. The highest BCUT2D eigenvalue weighted by molar-refractivity contribution is 5.91. The van der Waals surface area contributed by atoms with Crippen molar-refractivity contribution in [1.29, 1.82) is 0 Å². The zero-order valence-corrected chi connectivity index (χ0v) is 10.00. The summed E-state index contributed by atoms with van der Waals surface area (Å²) in [4.78, 5) is 11.6. The van der Waals surface area contributed by atoms with Crippen LogP contribution in [0.5, 0.6) is 0 Å². The number of carbonyl (C=O) groups is 1. The van der Waals surface area contributed by atoms with Gasteiger partial charge in [0.1, 0.15) is 5.82 Å². The second-order valence-corrected chi connectivity index (χ2v) is 4.05. The predicted molar refractivity (Wildman–Crippen MR) is 65.1 cm³/mol. The number of hydrogen-bond donors (Lipinski definition) is 2. The van der Waals surface area contributed by atoms with Crippen molar-refractivity contribution in [2.75, 3.05) is 24.8 Å². The number of amides is 1. The molecular weight excluding hydrogens is 223 g/mol. The number of ether oxygens (including phenoxy) is 1. The van der Waals surface area contributed by atoms with Crippen molar-refractivity contribution in [2.24, 2.45) is 5.92 Å². The molecule has 0 bridgehead atoms. The van der Waals surface area contributed by atoms with Crippen LogP contribution in [0, 0.1) is 11.7 Å².